The summed E-state index contributed by atoms with van der Waals surface area (Å²) in [6.45, 7) is 2.88. The standard InChI is InChI=1S/C22H24N4O4S/c1-16-10-11-18(14-19(16)31(28,29)26-12-6-7-13-26)22(27)25(2)15-20-23-21(24-30-20)17-8-4-3-5-9-17/h3-5,8-11,14H,6-7,12-13,15H2,1-2H3. The van der Waals surface area contributed by atoms with Crippen molar-refractivity contribution in [3.8, 4) is 11.4 Å². The molecule has 2 aromatic carbocycles. The van der Waals surface area contributed by atoms with Crippen molar-refractivity contribution in [2.75, 3.05) is 20.1 Å². The van der Waals surface area contributed by atoms with Crippen molar-refractivity contribution in [2.24, 2.45) is 0 Å². The van der Waals surface area contributed by atoms with Crippen LogP contribution in [0.1, 0.15) is 34.7 Å². The lowest BCUT2D eigenvalue weighted by Crippen LogP contribution is -2.30. The third-order valence-electron chi connectivity index (χ3n) is 5.34. The molecule has 0 bridgehead atoms. The molecular formula is C22H24N4O4S. The van der Waals surface area contributed by atoms with E-state index in [1.54, 1.807) is 26.1 Å². The van der Waals surface area contributed by atoms with E-state index in [0.29, 0.717) is 35.9 Å². The maximum absolute atomic E-state index is 13.0. The van der Waals surface area contributed by atoms with Crippen LogP contribution in [0.2, 0.25) is 0 Å². The van der Waals surface area contributed by atoms with E-state index in [9.17, 15) is 13.2 Å². The number of aryl methyl sites for hydroxylation is 1. The van der Waals surface area contributed by atoms with Gasteiger partial charge in [-0.1, -0.05) is 41.6 Å². The Labute approximate surface area is 181 Å². The third-order valence-corrected chi connectivity index (χ3v) is 7.38. The van der Waals surface area contributed by atoms with E-state index in [0.717, 1.165) is 18.4 Å². The van der Waals surface area contributed by atoms with E-state index in [-0.39, 0.29) is 17.3 Å². The smallest absolute Gasteiger partial charge is 0.254 e. The van der Waals surface area contributed by atoms with E-state index >= 15 is 0 Å². The van der Waals surface area contributed by atoms with E-state index in [2.05, 4.69) is 10.1 Å². The largest absolute Gasteiger partial charge is 0.337 e. The molecule has 1 aromatic heterocycles. The normalized spacial score (nSPS) is 14.6. The molecule has 1 aliphatic heterocycles. The first-order valence-electron chi connectivity index (χ1n) is 10.1. The molecule has 4 rings (SSSR count). The summed E-state index contributed by atoms with van der Waals surface area (Å²) in [6.07, 6.45) is 1.71. The molecule has 1 amide bonds. The Morgan fingerprint density at radius 2 is 1.84 bits per heavy atom. The van der Waals surface area contributed by atoms with Crippen LogP contribution in [-0.4, -0.2) is 53.8 Å². The van der Waals surface area contributed by atoms with Crippen molar-refractivity contribution in [1.82, 2.24) is 19.3 Å². The zero-order valence-electron chi connectivity index (χ0n) is 17.5. The summed E-state index contributed by atoms with van der Waals surface area (Å²) < 4.78 is 32.8. The first-order chi connectivity index (χ1) is 14.9. The Balaban J connectivity index is 1.52. The fraction of sp³-hybridized carbons (Fsp3) is 0.318. The molecule has 0 atom stereocenters. The summed E-state index contributed by atoms with van der Waals surface area (Å²) in [4.78, 5) is 18.9. The van der Waals surface area contributed by atoms with Gasteiger partial charge in [0.1, 0.15) is 0 Å². The second kappa shape index (κ2) is 8.60. The van der Waals surface area contributed by atoms with Crippen molar-refractivity contribution in [1.29, 1.82) is 0 Å². The molecule has 0 spiro atoms. The minimum Gasteiger partial charge on any atom is -0.337 e. The number of aromatic nitrogens is 2. The number of rotatable bonds is 6. The predicted octanol–water partition coefficient (Wildman–Crippen LogP) is 3.10. The number of nitrogens with zero attached hydrogens (tertiary/aromatic N) is 4. The number of hydrogen-bond donors (Lipinski definition) is 0. The van der Waals surface area contributed by atoms with Gasteiger partial charge in [-0.15, -0.1) is 0 Å². The number of amides is 1. The van der Waals surface area contributed by atoms with Crippen LogP contribution in [0.25, 0.3) is 11.4 Å². The number of benzene rings is 2. The SMILES string of the molecule is Cc1ccc(C(=O)N(C)Cc2nc(-c3ccccc3)no2)cc1S(=O)(=O)N1CCCC1. The second-order valence-electron chi connectivity index (χ2n) is 7.63. The average molecular weight is 441 g/mol. The molecule has 1 saturated heterocycles. The van der Waals surface area contributed by atoms with E-state index < -0.39 is 10.0 Å². The first-order valence-corrected chi connectivity index (χ1v) is 11.5. The molecule has 0 N–H and O–H groups in total. The molecule has 0 saturated carbocycles. The lowest BCUT2D eigenvalue weighted by Gasteiger charge is -2.19. The Kier molecular flexibility index (Phi) is 5.88. The summed E-state index contributed by atoms with van der Waals surface area (Å²) in [5.41, 5.74) is 1.74. The Bertz CT molecular complexity index is 1190. The fourth-order valence-electron chi connectivity index (χ4n) is 3.60. The quantitative estimate of drug-likeness (QED) is 0.584. The molecule has 1 aliphatic rings. The van der Waals surface area contributed by atoms with Crippen LogP contribution in [0.5, 0.6) is 0 Å². The van der Waals surface area contributed by atoms with Crippen LogP contribution in [0, 0.1) is 6.92 Å². The monoisotopic (exact) mass is 440 g/mol. The molecule has 1 fully saturated rings. The van der Waals surface area contributed by atoms with Gasteiger partial charge < -0.3 is 9.42 Å². The van der Waals surface area contributed by atoms with Crippen molar-refractivity contribution in [2.45, 2.75) is 31.2 Å². The minimum absolute atomic E-state index is 0.112. The van der Waals surface area contributed by atoms with Gasteiger partial charge in [0.25, 0.3) is 5.91 Å². The van der Waals surface area contributed by atoms with Crippen molar-refractivity contribution in [3.63, 3.8) is 0 Å². The molecule has 8 nitrogen and oxygen atoms in total. The molecule has 3 aromatic rings. The molecule has 31 heavy (non-hydrogen) atoms. The Hall–Kier alpha value is -3.04. The summed E-state index contributed by atoms with van der Waals surface area (Å²) in [7, 11) is -2.00. The number of hydrogen-bond acceptors (Lipinski definition) is 6. The third kappa shape index (κ3) is 4.38. The van der Waals surface area contributed by atoms with Gasteiger partial charge in [-0.05, 0) is 37.5 Å². The Morgan fingerprint density at radius 3 is 2.55 bits per heavy atom. The first kappa shape index (κ1) is 21.2. The van der Waals surface area contributed by atoms with E-state index in [1.165, 1.54) is 15.3 Å². The molecular weight excluding hydrogens is 416 g/mol. The molecule has 0 unspecified atom stereocenters. The van der Waals surface area contributed by atoms with Crippen molar-refractivity contribution < 1.29 is 17.7 Å². The maximum Gasteiger partial charge on any atom is 0.254 e. The maximum atomic E-state index is 13.0. The minimum atomic E-state index is -3.62. The number of carbonyl (C=O) groups excluding carboxylic acids is 1. The van der Waals surface area contributed by atoms with E-state index in [4.69, 9.17) is 4.52 Å². The van der Waals surface area contributed by atoms with Gasteiger partial charge in [-0.2, -0.15) is 9.29 Å². The molecule has 0 radical (unpaired) electrons. The zero-order valence-corrected chi connectivity index (χ0v) is 18.3. The van der Waals surface area contributed by atoms with Gasteiger partial charge in [0.2, 0.25) is 21.7 Å². The molecule has 0 aliphatic carbocycles. The molecule has 9 heteroatoms. The number of carbonyl (C=O) groups is 1. The van der Waals surface area contributed by atoms with Crippen LogP contribution in [-0.2, 0) is 16.6 Å². The van der Waals surface area contributed by atoms with Crippen LogP contribution >= 0.6 is 0 Å². The predicted molar refractivity (Wildman–Crippen MR) is 115 cm³/mol. The van der Waals surface area contributed by atoms with Gasteiger partial charge in [-0.25, -0.2) is 8.42 Å². The summed E-state index contributed by atoms with van der Waals surface area (Å²) in [5.74, 6) is 0.426. The highest BCUT2D eigenvalue weighted by molar-refractivity contribution is 7.89. The highest BCUT2D eigenvalue weighted by atomic mass is 32.2. The van der Waals surface area contributed by atoms with Gasteiger partial charge in [0.05, 0.1) is 11.4 Å². The van der Waals surface area contributed by atoms with Crippen molar-refractivity contribution >= 4 is 15.9 Å². The summed E-state index contributed by atoms with van der Waals surface area (Å²) in [5, 5.41) is 3.96. The van der Waals surface area contributed by atoms with Crippen LogP contribution in [0.3, 0.4) is 0 Å². The number of sulfonamides is 1. The fourth-order valence-corrected chi connectivity index (χ4v) is 5.37. The average Bonchev–Trinajstić information content (AvgIpc) is 3.47. The topological polar surface area (TPSA) is 96.6 Å². The highest BCUT2D eigenvalue weighted by Crippen LogP contribution is 2.25. The molecule has 162 valence electrons. The van der Waals surface area contributed by atoms with Gasteiger partial charge in [0.15, 0.2) is 0 Å². The van der Waals surface area contributed by atoms with E-state index in [1.807, 2.05) is 30.3 Å². The lowest BCUT2D eigenvalue weighted by atomic mass is 10.1. The zero-order chi connectivity index (χ0) is 22.0. The van der Waals surface area contributed by atoms with Crippen molar-refractivity contribution in [3.05, 3.63) is 65.5 Å². The Morgan fingerprint density at radius 1 is 1.13 bits per heavy atom. The lowest BCUT2D eigenvalue weighted by molar-refractivity contribution is 0.0769. The van der Waals surface area contributed by atoms with Gasteiger partial charge in [-0.3, -0.25) is 4.79 Å². The summed E-state index contributed by atoms with van der Waals surface area (Å²) in [6, 6.07) is 14.2. The summed E-state index contributed by atoms with van der Waals surface area (Å²) >= 11 is 0. The van der Waals surface area contributed by atoms with Gasteiger partial charge in [0, 0.05) is 31.3 Å². The van der Waals surface area contributed by atoms with Crippen LogP contribution < -0.4 is 0 Å². The van der Waals surface area contributed by atoms with Crippen LogP contribution in [0.4, 0.5) is 0 Å². The molecule has 2 heterocycles. The highest BCUT2D eigenvalue weighted by Gasteiger charge is 2.29. The van der Waals surface area contributed by atoms with Crippen LogP contribution in [0.15, 0.2) is 57.9 Å². The van der Waals surface area contributed by atoms with Gasteiger partial charge >= 0.3 is 0 Å². The second-order valence-corrected chi connectivity index (χ2v) is 9.54.